The summed E-state index contributed by atoms with van der Waals surface area (Å²) < 4.78 is 34.2. The number of carbonyl (C=O) groups excluding carboxylic acids is 2. The van der Waals surface area contributed by atoms with E-state index >= 15 is 0 Å². The first kappa shape index (κ1) is 41.9. The normalized spacial score (nSPS) is 12.0. The maximum atomic E-state index is 14.4. The van der Waals surface area contributed by atoms with Crippen molar-refractivity contribution in [3.63, 3.8) is 0 Å². The topological polar surface area (TPSA) is 84.4 Å². The molecule has 0 aliphatic rings. The van der Waals surface area contributed by atoms with E-state index in [0.717, 1.165) is 36.1 Å². The summed E-state index contributed by atoms with van der Waals surface area (Å²) in [4.78, 5) is 25.6. The van der Waals surface area contributed by atoms with Crippen LogP contribution in [0.4, 0.5) is 8.78 Å². The van der Waals surface area contributed by atoms with Crippen LogP contribution in [-0.2, 0) is 22.6 Å². The molecule has 3 rings (SSSR count). The number of halogens is 2. The number of aryl methyl sites for hydroxylation is 2. The number of hydrogen-bond donors (Lipinski definition) is 3. The molecule has 1 heterocycles. The molecule has 1 unspecified atom stereocenters. The Labute approximate surface area is 287 Å². The van der Waals surface area contributed by atoms with E-state index in [1.165, 1.54) is 24.6 Å². The number of ether oxygens (including phenoxy) is 1. The second-order valence-corrected chi connectivity index (χ2v) is 11.8. The summed E-state index contributed by atoms with van der Waals surface area (Å²) >= 11 is 0. The van der Waals surface area contributed by atoms with E-state index in [1.807, 2.05) is 62.0 Å². The number of nitrogens with zero attached hydrogens (tertiary/aromatic N) is 1. The predicted molar refractivity (Wildman–Crippen MR) is 193 cm³/mol. The minimum Gasteiger partial charge on any atom is -0.490 e. The molecule has 2 atom stereocenters. The maximum absolute atomic E-state index is 14.4. The lowest BCUT2D eigenvalue weighted by atomic mass is 10.1. The van der Waals surface area contributed by atoms with Gasteiger partial charge >= 0.3 is 0 Å². The number of hydrogen-bond acceptors (Lipinski definition) is 4. The lowest BCUT2D eigenvalue weighted by molar-refractivity contribution is -0.128. The molecular formula is C39H58F2N4O3. The van der Waals surface area contributed by atoms with Crippen molar-refractivity contribution in [2.45, 2.75) is 99.6 Å². The van der Waals surface area contributed by atoms with Crippen molar-refractivity contribution in [1.82, 2.24) is 20.5 Å². The Kier molecular flexibility index (Phi) is 21.8. The van der Waals surface area contributed by atoms with Gasteiger partial charge in [-0.1, -0.05) is 84.7 Å². The van der Waals surface area contributed by atoms with E-state index in [2.05, 4.69) is 49.7 Å². The first-order valence-electron chi connectivity index (χ1n) is 17.3. The van der Waals surface area contributed by atoms with Crippen LogP contribution in [0.15, 0.2) is 78.8 Å². The van der Waals surface area contributed by atoms with Crippen molar-refractivity contribution in [3.05, 3.63) is 102 Å². The van der Waals surface area contributed by atoms with E-state index in [-0.39, 0.29) is 30.0 Å². The van der Waals surface area contributed by atoms with Gasteiger partial charge in [-0.3, -0.25) is 9.59 Å². The van der Waals surface area contributed by atoms with Crippen LogP contribution in [0.5, 0.6) is 5.75 Å². The summed E-state index contributed by atoms with van der Waals surface area (Å²) in [6, 6.07) is 14.5. The monoisotopic (exact) mass is 668 g/mol. The van der Waals surface area contributed by atoms with Crippen molar-refractivity contribution in [2.75, 3.05) is 19.7 Å². The van der Waals surface area contributed by atoms with Crippen molar-refractivity contribution in [1.29, 1.82) is 0 Å². The molecule has 3 N–H and O–H groups in total. The maximum Gasteiger partial charge on any atom is 0.244 e. The summed E-state index contributed by atoms with van der Waals surface area (Å²) in [5.41, 5.74) is 2.76. The second-order valence-electron chi connectivity index (χ2n) is 11.8. The van der Waals surface area contributed by atoms with Crippen LogP contribution in [0, 0.1) is 24.5 Å². The van der Waals surface area contributed by atoms with Crippen LogP contribution in [0.25, 0.3) is 0 Å². The fourth-order valence-electron chi connectivity index (χ4n) is 4.40. The number of benzene rings is 2. The SMILES string of the molecule is CC/C=C(\CC)NCC(=O)NC(Cn1cccc1)C(=O)NCCCc1cccc(F)c1OC[C@H](C)CC.CCC.Cc1cccc(F)c1. The van der Waals surface area contributed by atoms with Crippen LogP contribution in [0.2, 0.25) is 0 Å². The molecule has 0 spiro atoms. The van der Waals surface area contributed by atoms with Gasteiger partial charge in [-0.25, -0.2) is 8.78 Å². The first-order valence-corrected chi connectivity index (χ1v) is 17.3. The summed E-state index contributed by atoms with van der Waals surface area (Å²) in [6.07, 6.45) is 10.8. The average molecular weight is 669 g/mol. The molecule has 2 aromatic carbocycles. The molecule has 48 heavy (non-hydrogen) atoms. The highest BCUT2D eigenvalue weighted by atomic mass is 19.1. The van der Waals surface area contributed by atoms with Gasteiger partial charge in [-0.2, -0.15) is 0 Å². The summed E-state index contributed by atoms with van der Waals surface area (Å²) in [6.45, 7) is 15.6. The fraction of sp³-hybridized carbons (Fsp3) is 0.487. The third kappa shape index (κ3) is 17.7. The van der Waals surface area contributed by atoms with Gasteiger partial charge in [-0.05, 0) is 80.0 Å². The minimum atomic E-state index is -0.717. The van der Waals surface area contributed by atoms with E-state index in [9.17, 15) is 18.4 Å². The van der Waals surface area contributed by atoms with Gasteiger partial charge in [0.05, 0.1) is 19.7 Å². The van der Waals surface area contributed by atoms with Crippen LogP contribution < -0.4 is 20.7 Å². The van der Waals surface area contributed by atoms with Gasteiger partial charge in [0.15, 0.2) is 11.6 Å². The molecule has 0 fully saturated rings. The van der Waals surface area contributed by atoms with Crippen LogP contribution in [0.1, 0.15) is 84.8 Å². The third-order valence-corrected chi connectivity index (χ3v) is 7.18. The van der Waals surface area contributed by atoms with Gasteiger partial charge < -0.3 is 25.3 Å². The Bertz CT molecular complexity index is 1330. The summed E-state index contributed by atoms with van der Waals surface area (Å²) in [5.74, 6) is -0.397. The Morgan fingerprint density at radius 2 is 1.65 bits per heavy atom. The highest BCUT2D eigenvalue weighted by Crippen LogP contribution is 2.25. The molecule has 2 amide bonds. The van der Waals surface area contributed by atoms with Crippen LogP contribution in [-0.4, -0.2) is 42.1 Å². The molecule has 0 bridgehead atoms. The number of carbonyl (C=O) groups is 2. The lowest BCUT2D eigenvalue weighted by Gasteiger charge is -2.20. The Hall–Kier alpha value is -4.14. The molecular weight excluding hydrogens is 610 g/mol. The Morgan fingerprint density at radius 3 is 2.23 bits per heavy atom. The van der Waals surface area contributed by atoms with E-state index in [0.29, 0.717) is 44.2 Å². The molecule has 3 aromatic rings. The number of nitrogens with one attached hydrogen (secondary N) is 3. The van der Waals surface area contributed by atoms with Crippen molar-refractivity contribution in [3.8, 4) is 5.75 Å². The molecule has 9 heteroatoms. The van der Waals surface area contributed by atoms with E-state index < -0.39 is 6.04 Å². The standard InChI is InChI=1S/C29H43FN4O3.C7H7F.C3H8/c1-5-12-24(7-3)32-19-27(35)33-26(20-34-17-8-9-18-34)29(36)31-16-11-14-23-13-10-15-25(30)28(23)37-21-22(4)6-2;1-6-3-2-4-7(8)5-6;1-3-2/h8-10,12-13,15,17-18,22,26,32H,5-7,11,14,16,19-21H2,1-4H3,(H,31,36)(H,33,35);2-5H,1H3;3H2,1-2H3/b24-12+;;/t22-,26?;;/m1../s1. The molecule has 7 nitrogen and oxygen atoms in total. The third-order valence-electron chi connectivity index (χ3n) is 7.18. The van der Waals surface area contributed by atoms with Gasteiger partial charge in [0.25, 0.3) is 0 Å². The summed E-state index contributed by atoms with van der Waals surface area (Å²) in [7, 11) is 0. The molecule has 0 aliphatic carbocycles. The van der Waals surface area contributed by atoms with E-state index in [1.54, 1.807) is 12.1 Å². The van der Waals surface area contributed by atoms with Crippen molar-refractivity contribution in [2.24, 2.45) is 5.92 Å². The van der Waals surface area contributed by atoms with Crippen LogP contribution >= 0.6 is 0 Å². The largest absolute Gasteiger partial charge is 0.490 e. The van der Waals surface area contributed by atoms with Gasteiger partial charge in [0, 0.05) is 24.6 Å². The Balaban J connectivity index is 0.000000888. The highest BCUT2D eigenvalue weighted by molar-refractivity contribution is 5.88. The zero-order valence-electron chi connectivity index (χ0n) is 30.1. The smallest absolute Gasteiger partial charge is 0.244 e. The number of amides is 2. The van der Waals surface area contributed by atoms with Gasteiger partial charge in [-0.15, -0.1) is 0 Å². The zero-order chi connectivity index (χ0) is 35.7. The predicted octanol–water partition coefficient (Wildman–Crippen LogP) is 8.13. The van der Waals surface area contributed by atoms with Crippen LogP contribution in [0.3, 0.4) is 0 Å². The highest BCUT2D eigenvalue weighted by Gasteiger charge is 2.21. The molecule has 0 saturated heterocycles. The molecule has 0 saturated carbocycles. The number of aromatic nitrogens is 1. The minimum absolute atomic E-state index is 0.105. The Morgan fingerprint density at radius 1 is 0.958 bits per heavy atom. The summed E-state index contributed by atoms with van der Waals surface area (Å²) in [5, 5.41) is 8.92. The molecule has 266 valence electrons. The first-order chi connectivity index (χ1) is 23.1. The van der Waals surface area contributed by atoms with Crippen molar-refractivity contribution >= 4 is 11.8 Å². The molecule has 1 aromatic heterocycles. The van der Waals surface area contributed by atoms with Crippen molar-refractivity contribution < 1.29 is 23.1 Å². The molecule has 0 aliphatic heterocycles. The fourth-order valence-corrected chi connectivity index (χ4v) is 4.40. The number of rotatable bonds is 17. The number of para-hydroxylation sites is 1. The lowest BCUT2D eigenvalue weighted by Crippen LogP contribution is -2.51. The average Bonchev–Trinajstić information content (AvgIpc) is 3.58. The van der Waals surface area contributed by atoms with E-state index in [4.69, 9.17) is 4.74 Å². The number of allylic oxidation sites excluding steroid dienone is 2. The second kappa shape index (κ2) is 25.0. The molecule has 0 radical (unpaired) electrons. The van der Waals surface area contributed by atoms with Gasteiger partial charge in [0.2, 0.25) is 11.8 Å². The quantitative estimate of drug-likeness (QED) is 0.127. The van der Waals surface area contributed by atoms with Gasteiger partial charge in [0.1, 0.15) is 11.9 Å². The zero-order valence-corrected chi connectivity index (χ0v) is 30.1.